The summed E-state index contributed by atoms with van der Waals surface area (Å²) < 4.78 is 6.01. The van der Waals surface area contributed by atoms with Crippen molar-refractivity contribution in [2.24, 2.45) is 5.41 Å². The molecule has 1 saturated heterocycles. The molecule has 3 nitrogen and oxygen atoms in total. The maximum atomic E-state index is 6.13. The Morgan fingerprint density at radius 2 is 2.13 bits per heavy atom. The lowest BCUT2D eigenvalue weighted by molar-refractivity contribution is 0.110. The Kier molecular flexibility index (Phi) is 5.42. The minimum Gasteiger partial charge on any atom is -0.491 e. The minimum absolute atomic E-state index is 0.0720. The predicted molar refractivity (Wildman–Crippen MR) is 94.4 cm³/mol. The molecule has 2 heterocycles. The van der Waals surface area contributed by atoms with E-state index < -0.39 is 0 Å². The van der Waals surface area contributed by atoms with Crippen LogP contribution < -0.4 is 10.1 Å². The number of piperidine rings is 1. The second-order valence-electron chi connectivity index (χ2n) is 6.19. The van der Waals surface area contributed by atoms with Crippen LogP contribution in [-0.2, 0) is 6.42 Å². The summed E-state index contributed by atoms with van der Waals surface area (Å²) in [6.45, 7) is 2.66. The first-order valence-corrected chi connectivity index (χ1v) is 8.60. The number of hydrogen-bond donors (Lipinski definition) is 1. The van der Waals surface area contributed by atoms with E-state index in [-0.39, 0.29) is 5.41 Å². The van der Waals surface area contributed by atoms with E-state index in [9.17, 15) is 0 Å². The van der Waals surface area contributed by atoms with Crippen LogP contribution in [0.3, 0.4) is 0 Å². The van der Waals surface area contributed by atoms with Gasteiger partial charge in [0.15, 0.2) is 0 Å². The SMILES string of the molecule is Clc1cccc(CC2(COc3ccc(Cl)nc3)CCCNC2)c1. The molecule has 0 amide bonds. The lowest BCUT2D eigenvalue weighted by Gasteiger charge is -2.37. The molecule has 2 aromatic rings. The predicted octanol–water partition coefficient (Wildman–Crippen LogP) is 4.38. The van der Waals surface area contributed by atoms with Crippen molar-refractivity contribution in [2.45, 2.75) is 19.3 Å². The zero-order valence-corrected chi connectivity index (χ0v) is 14.4. The van der Waals surface area contributed by atoms with Gasteiger partial charge in [-0.25, -0.2) is 4.98 Å². The van der Waals surface area contributed by atoms with Crippen molar-refractivity contribution < 1.29 is 4.74 Å². The molecule has 0 saturated carbocycles. The summed E-state index contributed by atoms with van der Waals surface area (Å²) in [6.07, 6.45) is 4.91. The first-order valence-electron chi connectivity index (χ1n) is 7.85. The van der Waals surface area contributed by atoms with Crippen molar-refractivity contribution in [3.05, 3.63) is 58.3 Å². The van der Waals surface area contributed by atoms with Crippen LogP contribution in [0.25, 0.3) is 0 Å². The number of aromatic nitrogens is 1. The molecule has 122 valence electrons. The topological polar surface area (TPSA) is 34.1 Å². The quantitative estimate of drug-likeness (QED) is 0.812. The molecule has 0 radical (unpaired) electrons. The van der Waals surface area contributed by atoms with E-state index in [0.29, 0.717) is 11.8 Å². The minimum atomic E-state index is 0.0720. The van der Waals surface area contributed by atoms with E-state index >= 15 is 0 Å². The van der Waals surface area contributed by atoms with Gasteiger partial charge >= 0.3 is 0 Å². The summed E-state index contributed by atoms with van der Waals surface area (Å²) in [5, 5.41) is 4.77. The third kappa shape index (κ3) is 4.60. The molecule has 0 bridgehead atoms. The number of pyridine rings is 1. The van der Waals surface area contributed by atoms with Gasteiger partial charge in [-0.15, -0.1) is 0 Å². The summed E-state index contributed by atoms with van der Waals surface area (Å²) in [4.78, 5) is 4.07. The lowest BCUT2D eigenvalue weighted by Crippen LogP contribution is -2.45. The zero-order valence-electron chi connectivity index (χ0n) is 12.9. The molecule has 1 aliphatic heterocycles. The van der Waals surface area contributed by atoms with Gasteiger partial charge < -0.3 is 10.1 Å². The second kappa shape index (κ2) is 7.52. The first kappa shape index (κ1) is 16.6. The Bertz CT molecular complexity index is 640. The van der Waals surface area contributed by atoms with Crippen LogP contribution in [0.4, 0.5) is 0 Å². The van der Waals surface area contributed by atoms with Crippen molar-refractivity contribution >= 4 is 23.2 Å². The molecular formula is C18H20Cl2N2O. The van der Waals surface area contributed by atoms with Gasteiger partial charge in [0.05, 0.1) is 12.8 Å². The van der Waals surface area contributed by atoms with Crippen molar-refractivity contribution in [2.75, 3.05) is 19.7 Å². The molecule has 1 atom stereocenters. The van der Waals surface area contributed by atoms with Crippen LogP contribution in [0.2, 0.25) is 10.2 Å². The highest BCUT2D eigenvalue weighted by Crippen LogP contribution is 2.32. The number of halogens is 2. The molecule has 1 unspecified atom stereocenters. The summed E-state index contributed by atoms with van der Waals surface area (Å²) in [6, 6.07) is 11.7. The van der Waals surface area contributed by atoms with Crippen LogP contribution in [0.1, 0.15) is 18.4 Å². The number of benzene rings is 1. The molecule has 0 spiro atoms. The van der Waals surface area contributed by atoms with Crippen molar-refractivity contribution in [1.82, 2.24) is 10.3 Å². The van der Waals surface area contributed by atoms with Gasteiger partial charge in [-0.1, -0.05) is 35.3 Å². The Morgan fingerprint density at radius 1 is 1.22 bits per heavy atom. The summed E-state index contributed by atoms with van der Waals surface area (Å²) in [5.41, 5.74) is 1.32. The molecule has 5 heteroatoms. The van der Waals surface area contributed by atoms with Crippen molar-refractivity contribution in [3.63, 3.8) is 0 Å². The Labute approximate surface area is 147 Å². The standard InChI is InChI=1S/C18H20Cl2N2O/c19-15-4-1-3-14(9-15)10-18(7-2-8-21-12-18)13-23-16-5-6-17(20)22-11-16/h1,3-6,9,11,21H,2,7-8,10,12-13H2. The molecule has 1 aromatic carbocycles. The van der Waals surface area contributed by atoms with Gasteiger partial charge in [0.1, 0.15) is 10.9 Å². The Morgan fingerprint density at radius 3 is 2.83 bits per heavy atom. The van der Waals surface area contributed by atoms with E-state index in [0.717, 1.165) is 43.1 Å². The van der Waals surface area contributed by atoms with Crippen LogP contribution >= 0.6 is 23.2 Å². The molecule has 0 aliphatic carbocycles. The normalized spacial score (nSPS) is 21.1. The number of nitrogens with one attached hydrogen (secondary N) is 1. The molecule has 23 heavy (non-hydrogen) atoms. The van der Waals surface area contributed by atoms with Crippen LogP contribution in [-0.4, -0.2) is 24.7 Å². The number of rotatable bonds is 5. The third-order valence-corrected chi connectivity index (χ3v) is 4.73. The van der Waals surface area contributed by atoms with E-state index in [1.807, 2.05) is 24.3 Å². The molecule has 1 N–H and O–H groups in total. The van der Waals surface area contributed by atoms with Crippen molar-refractivity contribution in [1.29, 1.82) is 0 Å². The summed E-state index contributed by atoms with van der Waals surface area (Å²) in [7, 11) is 0. The highest BCUT2D eigenvalue weighted by molar-refractivity contribution is 6.30. The molecule has 1 aromatic heterocycles. The Balaban J connectivity index is 1.72. The summed E-state index contributed by atoms with van der Waals surface area (Å²) in [5.74, 6) is 0.755. The number of hydrogen-bond acceptors (Lipinski definition) is 3. The Hall–Kier alpha value is -1.29. The van der Waals surface area contributed by atoms with E-state index in [1.165, 1.54) is 5.56 Å². The molecule has 1 fully saturated rings. The van der Waals surface area contributed by atoms with Crippen LogP contribution in [0.5, 0.6) is 5.75 Å². The van der Waals surface area contributed by atoms with Gasteiger partial charge in [-0.3, -0.25) is 0 Å². The van der Waals surface area contributed by atoms with Gasteiger partial charge in [0, 0.05) is 17.0 Å². The monoisotopic (exact) mass is 350 g/mol. The van der Waals surface area contributed by atoms with Crippen molar-refractivity contribution in [3.8, 4) is 5.75 Å². The third-order valence-electron chi connectivity index (χ3n) is 4.27. The van der Waals surface area contributed by atoms with E-state index in [4.69, 9.17) is 27.9 Å². The fraction of sp³-hybridized carbons (Fsp3) is 0.389. The number of ether oxygens (including phenoxy) is 1. The van der Waals surface area contributed by atoms with Crippen LogP contribution in [0.15, 0.2) is 42.6 Å². The molecule has 3 rings (SSSR count). The van der Waals surface area contributed by atoms with Gasteiger partial charge in [-0.2, -0.15) is 0 Å². The largest absolute Gasteiger partial charge is 0.491 e. The van der Waals surface area contributed by atoms with E-state index in [1.54, 1.807) is 12.3 Å². The number of nitrogens with zero attached hydrogens (tertiary/aromatic N) is 1. The zero-order chi connectivity index (χ0) is 16.1. The maximum Gasteiger partial charge on any atom is 0.137 e. The summed E-state index contributed by atoms with van der Waals surface area (Å²) >= 11 is 11.9. The van der Waals surface area contributed by atoms with Gasteiger partial charge in [0.2, 0.25) is 0 Å². The lowest BCUT2D eigenvalue weighted by atomic mass is 9.76. The van der Waals surface area contributed by atoms with E-state index in [2.05, 4.69) is 16.4 Å². The maximum absolute atomic E-state index is 6.13. The van der Waals surface area contributed by atoms with Crippen LogP contribution in [0, 0.1) is 5.41 Å². The second-order valence-corrected chi connectivity index (χ2v) is 7.02. The van der Waals surface area contributed by atoms with Gasteiger partial charge in [-0.05, 0) is 55.6 Å². The first-order chi connectivity index (χ1) is 11.2. The smallest absolute Gasteiger partial charge is 0.137 e. The fourth-order valence-corrected chi connectivity index (χ4v) is 3.44. The average Bonchev–Trinajstić information content (AvgIpc) is 2.55. The molecule has 1 aliphatic rings. The molecular weight excluding hydrogens is 331 g/mol. The highest BCUT2D eigenvalue weighted by atomic mass is 35.5. The fourth-order valence-electron chi connectivity index (χ4n) is 3.12. The highest BCUT2D eigenvalue weighted by Gasteiger charge is 2.33. The average molecular weight is 351 g/mol. The van der Waals surface area contributed by atoms with Gasteiger partial charge in [0.25, 0.3) is 0 Å².